The molecule has 7 heteroatoms. The van der Waals surface area contributed by atoms with Crippen molar-refractivity contribution in [3.63, 3.8) is 0 Å². The Morgan fingerprint density at radius 3 is 2.69 bits per heavy atom. The monoisotopic (exact) mass is 407 g/mol. The van der Waals surface area contributed by atoms with Crippen LogP contribution in [-0.4, -0.2) is 31.9 Å². The van der Waals surface area contributed by atoms with Crippen LogP contribution in [-0.2, 0) is 17.9 Å². The lowest BCUT2D eigenvalue weighted by Gasteiger charge is -2.20. The number of aromatic nitrogens is 3. The van der Waals surface area contributed by atoms with E-state index in [1.54, 1.807) is 11.3 Å². The molecule has 3 heterocycles. The Labute approximate surface area is 174 Å². The quantitative estimate of drug-likeness (QED) is 0.504. The van der Waals surface area contributed by atoms with Gasteiger partial charge in [-0.2, -0.15) is 0 Å². The number of pyridine rings is 1. The van der Waals surface area contributed by atoms with Crippen molar-refractivity contribution in [3.05, 3.63) is 41.5 Å². The molecule has 0 spiro atoms. The van der Waals surface area contributed by atoms with Gasteiger partial charge in [0.15, 0.2) is 5.82 Å². The summed E-state index contributed by atoms with van der Waals surface area (Å²) in [7, 11) is 0. The Balaban J connectivity index is 1.89. The summed E-state index contributed by atoms with van der Waals surface area (Å²) >= 11 is 1.70. The second-order valence-electron chi connectivity index (χ2n) is 6.94. The van der Waals surface area contributed by atoms with Crippen LogP contribution in [0.15, 0.2) is 35.7 Å². The molecule has 29 heavy (non-hydrogen) atoms. The number of rotatable bonds is 6. The average Bonchev–Trinajstić information content (AvgIpc) is 3.39. The van der Waals surface area contributed by atoms with E-state index in [1.807, 2.05) is 24.8 Å². The van der Waals surface area contributed by atoms with E-state index in [0.29, 0.717) is 30.8 Å². The number of aryl methyl sites for hydroxylation is 1. The van der Waals surface area contributed by atoms with E-state index in [2.05, 4.69) is 46.1 Å². The maximum Gasteiger partial charge on any atom is 0.222 e. The minimum absolute atomic E-state index is 0.124. The van der Waals surface area contributed by atoms with Crippen molar-refractivity contribution in [2.45, 2.75) is 40.3 Å². The van der Waals surface area contributed by atoms with Crippen LogP contribution < -0.4 is 5.73 Å². The number of imidazole rings is 1. The molecule has 0 saturated heterocycles. The first kappa shape index (κ1) is 19.4. The molecular weight excluding hydrogens is 382 g/mol. The number of thiophene rings is 1. The third-order valence-corrected chi connectivity index (χ3v) is 6.19. The molecule has 0 unspecified atom stereocenters. The number of fused-ring (bicyclic) bond motifs is 3. The number of nitrogens with zero attached hydrogens (tertiary/aromatic N) is 4. The van der Waals surface area contributed by atoms with Crippen LogP contribution >= 0.6 is 11.3 Å². The zero-order chi connectivity index (χ0) is 20.5. The first-order valence-electron chi connectivity index (χ1n) is 9.97. The van der Waals surface area contributed by atoms with Crippen LogP contribution in [0.1, 0.15) is 33.0 Å². The summed E-state index contributed by atoms with van der Waals surface area (Å²) < 4.78 is 2.16. The van der Waals surface area contributed by atoms with E-state index in [9.17, 15) is 4.79 Å². The van der Waals surface area contributed by atoms with Crippen molar-refractivity contribution in [3.8, 4) is 10.4 Å². The minimum atomic E-state index is 0.124. The van der Waals surface area contributed by atoms with Gasteiger partial charge in [0.05, 0.1) is 17.6 Å². The highest BCUT2D eigenvalue weighted by atomic mass is 32.1. The zero-order valence-corrected chi connectivity index (χ0v) is 17.8. The number of hydrogen-bond donors (Lipinski definition) is 1. The molecule has 1 aromatic carbocycles. The molecule has 0 fully saturated rings. The summed E-state index contributed by atoms with van der Waals surface area (Å²) in [4.78, 5) is 24.7. The summed E-state index contributed by atoms with van der Waals surface area (Å²) in [5.74, 6) is 1.39. The largest absolute Gasteiger partial charge is 0.382 e. The van der Waals surface area contributed by atoms with E-state index in [4.69, 9.17) is 10.7 Å². The van der Waals surface area contributed by atoms with Gasteiger partial charge in [-0.15, -0.1) is 11.3 Å². The molecule has 0 radical (unpaired) electrons. The minimum Gasteiger partial charge on any atom is -0.382 e. The van der Waals surface area contributed by atoms with Crippen LogP contribution in [0.5, 0.6) is 0 Å². The lowest BCUT2D eigenvalue weighted by atomic mass is 10.1. The Morgan fingerprint density at radius 1 is 1.21 bits per heavy atom. The number of nitrogen functional groups attached to an aromatic ring is 1. The number of nitrogens with two attached hydrogens (primary N) is 1. The molecule has 6 nitrogen and oxygen atoms in total. The zero-order valence-electron chi connectivity index (χ0n) is 17.0. The SMILES string of the molecule is CCC(=O)N(CC)Cc1nc2c(N)nc3cc(-c4cccs4)ccc3c2n1CC. The first-order chi connectivity index (χ1) is 14.1. The van der Waals surface area contributed by atoms with E-state index in [1.165, 1.54) is 4.88 Å². The van der Waals surface area contributed by atoms with Gasteiger partial charge in [-0.05, 0) is 43.0 Å². The van der Waals surface area contributed by atoms with Gasteiger partial charge < -0.3 is 15.2 Å². The fourth-order valence-electron chi connectivity index (χ4n) is 3.79. The normalized spacial score (nSPS) is 11.4. The molecule has 3 aromatic heterocycles. The van der Waals surface area contributed by atoms with Crippen LogP contribution in [0.4, 0.5) is 5.82 Å². The molecule has 1 amide bonds. The summed E-state index contributed by atoms with van der Waals surface area (Å²) in [6.45, 7) is 7.83. The molecule has 0 atom stereocenters. The molecule has 150 valence electrons. The summed E-state index contributed by atoms with van der Waals surface area (Å²) in [5, 5.41) is 3.10. The van der Waals surface area contributed by atoms with Crippen molar-refractivity contribution >= 4 is 45.0 Å². The van der Waals surface area contributed by atoms with Gasteiger partial charge in [0.1, 0.15) is 11.3 Å². The Kier molecular flexibility index (Phi) is 5.24. The number of carbonyl (C=O) groups excluding carboxylic acids is 1. The van der Waals surface area contributed by atoms with E-state index < -0.39 is 0 Å². The number of hydrogen-bond acceptors (Lipinski definition) is 5. The van der Waals surface area contributed by atoms with Crippen molar-refractivity contribution < 1.29 is 4.79 Å². The topological polar surface area (TPSA) is 77.0 Å². The number of benzene rings is 1. The summed E-state index contributed by atoms with van der Waals surface area (Å²) in [5.41, 5.74) is 10.00. The molecule has 0 aliphatic carbocycles. The van der Waals surface area contributed by atoms with E-state index in [0.717, 1.165) is 34.4 Å². The number of carbonyl (C=O) groups is 1. The molecule has 2 N–H and O–H groups in total. The Bertz CT molecular complexity index is 1180. The molecular formula is C22H25N5OS. The van der Waals surface area contributed by atoms with Crippen molar-refractivity contribution in [2.75, 3.05) is 12.3 Å². The van der Waals surface area contributed by atoms with Gasteiger partial charge in [0, 0.05) is 29.8 Å². The molecule has 0 saturated carbocycles. The van der Waals surface area contributed by atoms with Gasteiger partial charge in [-0.25, -0.2) is 9.97 Å². The van der Waals surface area contributed by atoms with Gasteiger partial charge in [-0.1, -0.05) is 19.1 Å². The molecule has 0 aliphatic rings. The maximum atomic E-state index is 12.2. The van der Waals surface area contributed by atoms with Gasteiger partial charge in [0.2, 0.25) is 5.91 Å². The summed E-state index contributed by atoms with van der Waals surface area (Å²) in [6, 6.07) is 10.5. The van der Waals surface area contributed by atoms with Crippen LogP contribution in [0.25, 0.3) is 32.4 Å². The van der Waals surface area contributed by atoms with Crippen molar-refractivity contribution in [1.82, 2.24) is 19.4 Å². The van der Waals surface area contributed by atoms with E-state index in [-0.39, 0.29) is 5.91 Å². The molecule has 0 bridgehead atoms. The number of amides is 1. The van der Waals surface area contributed by atoms with Crippen LogP contribution in [0.2, 0.25) is 0 Å². The van der Waals surface area contributed by atoms with Gasteiger partial charge >= 0.3 is 0 Å². The van der Waals surface area contributed by atoms with Crippen molar-refractivity contribution in [2.24, 2.45) is 0 Å². The lowest BCUT2D eigenvalue weighted by Crippen LogP contribution is -2.30. The fourth-order valence-corrected chi connectivity index (χ4v) is 4.51. The average molecular weight is 408 g/mol. The Hall–Kier alpha value is -2.93. The fraction of sp³-hybridized carbons (Fsp3) is 0.318. The first-order valence-corrected chi connectivity index (χ1v) is 10.8. The second kappa shape index (κ2) is 7.83. The second-order valence-corrected chi connectivity index (χ2v) is 7.88. The Morgan fingerprint density at radius 2 is 2.03 bits per heavy atom. The third kappa shape index (κ3) is 3.35. The highest BCUT2D eigenvalue weighted by Crippen LogP contribution is 2.33. The predicted octanol–water partition coefficient (Wildman–Crippen LogP) is 4.67. The molecule has 4 aromatic rings. The smallest absolute Gasteiger partial charge is 0.222 e. The third-order valence-electron chi connectivity index (χ3n) is 5.27. The standard InChI is InChI=1S/C22H25N5OS/c1-4-19(28)26(5-2)13-18-25-20-21(27(18)6-3)15-10-9-14(17-8-7-11-29-17)12-16(15)24-22(20)23/h7-12H,4-6,13H2,1-3H3,(H2,23,24). The highest BCUT2D eigenvalue weighted by Gasteiger charge is 2.20. The summed E-state index contributed by atoms with van der Waals surface area (Å²) in [6.07, 6.45) is 0.484. The maximum absolute atomic E-state index is 12.2. The van der Waals surface area contributed by atoms with Crippen molar-refractivity contribution in [1.29, 1.82) is 0 Å². The number of anilines is 1. The highest BCUT2D eigenvalue weighted by molar-refractivity contribution is 7.13. The van der Waals surface area contributed by atoms with Crippen LogP contribution in [0.3, 0.4) is 0 Å². The lowest BCUT2D eigenvalue weighted by molar-refractivity contribution is -0.131. The van der Waals surface area contributed by atoms with Gasteiger partial charge in [0.25, 0.3) is 0 Å². The molecule has 0 aliphatic heterocycles. The van der Waals surface area contributed by atoms with Gasteiger partial charge in [-0.3, -0.25) is 4.79 Å². The molecule has 4 rings (SSSR count). The van der Waals surface area contributed by atoms with E-state index >= 15 is 0 Å². The predicted molar refractivity (Wildman–Crippen MR) is 120 cm³/mol. The van der Waals surface area contributed by atoms with Crippen LogP contribution in [0, 0.1) is 0 Å².